The highest BCUT2D eigenvalue weighted by atomic mass is 32.1. The van der Waals surface area contributed by atoms with Gasteiger partial charge in [-0.2, -0.15) is 0 Å². The highest BCUT2D eigenvalue weighted by molar-refractivity contribution is 7.14. The second kappa shape index (κ2) is 5.12. The van der Waals surface area contributed by atoms with Crippen LogP contribution in [-0.2, 0) is 12.8 Å². The lowest BCUT2D eigenvalue weighted by molar-refractivity contribution is 0.104. The number of carbonyl (C=O) groups is 1. The maximum atomic E-state index is 12.9. The molecule has 0 saturated heterocycles. The zero-order valence-electron chi connectivity index (χ0n) is 11.8. The molecule has 0 radical (unpaired) electrons. The molecule has 1 nitrogen and oxygen atoms in total. The van der Waals surface area contributed by atoms with Gasteiger partial charge in [-0.3, -0.25) is 4.79 Å². The van der Waals surface area contributed by atoms with Gasteiger partial charge in [0.2, 0.25) is 5.78 Å². The summed E-state index contributed by atoms with van der Waals surface area (Å²) < 4.78 is 0. The molecule has 0 spiro atoms. The average Bonchev–Trinajstić information content (AvgIpc) is 2.97. The number of thiophene rings is 1. The predicted octanol–water partition coefficient (Wildman–Crippen LogP) is 5.01. The maximum absolute atomic E-state index is 12.9. The summed E-state index contributed by atoms with van der Waals surface area (Å²) in [5.74, 6) is 0.172. The van der Waals surface area contributed by atoms with Crippen molar-refractivity contribution >= 4 is 27.9 Å². The summed E-state index contributed by atoms with van der Waals surface area (Å²) in [6.07, 6.45) is 4.79. The minimum Gasteiger partial charge on any atom is -0.288 e. The zero-order chi connectivity index (χ0) is 14.2. The predicted molar refractivity (Wildman–Crippen MR) is 88.3 cm³/mol. The minimum atomic E-state index is 0.172. The largest absolute Gasteiger partial charge is 0.288 e. The lowest BCUT2D eigenvalue weighted by Crippen LogP contribution is -1.99. The van der Waals surface area contributed by atoms with E-state index in [1.807, 2.05) is 30.3 Å². The smallest absolute Gasteiger partial charge is 0.203 e. The Morgan fingerprint density at radius 1 is 0.952 bits per heavy atom. The Labute approximate surface area is 128 Å². The number of hydrogen-bond acceptors (Lipinski definition) is 2. The van der Waals surface area contributed by atoms with E-state index in [4.69, 9.17) is 0 Å². The molecule has 0 fully saturated rings. The number of fused-ring (bicyclic) bond motifs is 2. The standard InChI is InChI=1S/C19H16OS/c20-19(18-12-14-7-2-4-11-17(14)21-18)16-10-5-8-13-6-1-3-9-15(13)16/h1,3,5-6,8-10,12H,2,4,7,11H2. The molecule has 0 bridgehead atoms. The molecule has 0 aliphatic heterocycles. The first-order valence-electron chi connectivity index (χ1n) is 7.47. The number of aryl methyl sites for hydroxylation is 2. The van der Waals surface area contributed by atoms with Crippen LogP contribution in [0.3, 0.4) is 0 Å². The van der Waals surface area contributed by atoms with Crippen LogP contribution in [0.15, 0.2) is 48.5 Å². The first-order valence-corrected chi connectivity index (χ1v) is 8.28. The molecule has 21 heavy (non-hydrogen) atoms. The van der Waals surface area contributed by atoms with Crippen LogP contribution >= 0.6 is 11.3 Å². The fraction of sp³-hybridized carbons (Fsp3) is 0.211. The normalized spacial score (nSPS) is 14.1. The number of ketones is 1. The van der Waals surface area contributed by atoms with Gasteiger partial charge in [-0.15, -0.1) is 11.3 Å². The molecule has 0 amide bonds. The fourth-order valence-electron chi connectivity index (χ4n) is 3.16. The van der Waals surface area contributed by atoms with Gasteiger partial charge >= 0.3 is 0 Å². The second-order valence-electron chi connectivity index (χ2n) is 5.62. The Hall–Kier alpha value is -1.93. The summed E-state index contributed by atoms with van der Waals surface area (Å²) in [5, 5.41) is 2.18. The summed E-state index contributed by atoms with van der Waals surface area (Å²) in [6.45, 7) is 0. The summed E-state index contributed by atoms with van der Waals surface area (Å²) in [4.78, 5) is 15.2. The molecule has 2 heteroatoms. The van der Waals surface area contributed by atoms with E-state index < -0.39 is 0 Å². The zero-order valence-corrected chi connectivity index (χ0v) is 12.6. The van der Waals surface area contributed by atoms with Crippen molar-refractivity contribution < 1.29 is 4.79 Å². The van der Waals surface area contributed by atoms with Gasteiger partial charge in [-0.1, -0.05) is 42.5 Å². The van der Waals surface area contributed by atoms with Gasteiger partial charge in [0.25, 0.3) is 0 Å². The van der Waals surface area contributed by atoms with Gasteiger partial charge < -0.3 is 0 Å². The van der Waals surface area contributed by atoms with E-state index >= 15 is 0 Å². The molecule has 0 N–H and O–H groups in total. The van der Waals surface area contributed by atoms with E-state index in [1.54, 1.807) is 11.3 Å². The van der Waals surface area contributed by atoms with E-state index in [1.165, 1.54) is 23.3 Å². The third-order valence-corrected chi connectivity index (χ3v) is 5.49. The molecule has 1 aromatic heterocycles. The van der Waals surface area contributed by atoms with Crippen molar-refractivity contribution in [3.8, 4) is 0 Å². The molecule has 0 saturated carbocycles. The van der Waals surface area contributed by atoms with Crippen molar-refractivity contribution in [1.82, 2.24) is 0 Å². The molecule has 0 unspecified atom stereocenters. The second-order valence-corrected chi connectivity index (χ2v) is 6.76. The topological polar surface area (TPSA) is 17.1 Å². The van der Waals surface area contributed by atoms with Crippen LogP contribution in [0.4, 0.5) is 0 Å². The lowest BCUT2D eigenvalue weighted by atomic mass is 9.97. The van der Waals surface area contributed by atoms with Gasteiger partial charge in [0.05, 0.1) is 4.88 Å². The first-order chi connectivity index (χ1) is 10.3. The Morgan fingerprint density at radius 2 is 1.76 bits per heavy atom. The first kappa shape index (κ1) is 12.8. The van der Waals surface area contributed by atoms with Crippen LogP contribution in [0.1, 0.15) is 38.5 Å². The fourth-order valence-corrected chi connectivity index (χ4v) is 4.37. The molecule has 2 aromatic carbocycles. The summed E-state index contributed by atoms with van der Waals surface area (Å²) in [5.41, 5.74) is 2.22. The number of hydrogen-bond donors (Lipinski definition) is 0. The van der Waals surface area contributed by atoms with Crippen molar-refractivity contribution in [3.05, 3.63) is 69.4 Å². The monoisotopic (exact) mass is 292 g/mol. The van der Waals surface area contributed by atoms with Crippen molar-refractivity contribution in [3.63, 3.8) is 0 Å². The van der Waals surface area contributed by atoms with E-state index in [0.29, 0.717) is 0 Å². The summed E-state index contributed by atoms with van der Waals surface area (Å²) in [7, 11) is 0. The van der Waals surface area contributed by atoms with Crippen molar-refractivity contribution in [2.45, 2.75) is 25.7 Å². The van der Waals surface area contributed by atoms with Gasteiger partial charge in [0.1, 0.15) is 0 Å². The highest BCUT2D eigenvalue weighted by Gasteiger charge is 2.19. The van der Waals surface area contributed by atoms with Gasteiger partial charge in [0.15, 0.2) is 0 Å². The number of carbonyl (C=O) groups excluding carboxylic acids is 1. The minimum absolute atomic E-state index is 0.172. The van der Waals surface area contributed by atoms with Gasteiger partial charge in [-0.25, -0.2) is 0 Å². The number of benzene rings is 2. The van der Waals surface area contributed by atoms with Gasteiger partial charge in [0, 0.05) is 10.4 Å². The molecule has 0 atom stereocenters. The van der Waals surface area contributed by atoms with Crippen molar-refractivity contribution in [1.29, 1.82) is 0 Å². The quantitative estimate of drug-likeness (QED) is 0.607. The highest BCUT2D eigenvalue weighted by Crippen LogP contribution is 2.32. The van der Waals surface area contributed by atoms with Crippen LogP contribution in [0.2, 0.25) is 0 Å². The molecule has 104 valence electrons. The third kappa shape index (κ3) is 2.20. The van der Waals surface area contributed by atoms with E-state index in [2.05, 4.69) is 18.2 Å². The van der Waals surface area contributed by atoms with E-state index in [-0.39, 0.29) is 5.78 Å². The Kier molecular flexibility index (Phi) is 3.12. The molecule has 1 aliphatic carbocycles. The molecular formula is C19H16OS. The lowest BCUT2D eigenvalue weighted by Gasteiger charge is -2.08. The Balaban J connectivity index is 1.81. The van der Waals surface area contributed by atoms with Crippen LogP contribution in [0, 0.1) is 0 Å². The molecule has 1 heterocycles. The third-order valence-electron chi connectivity index (χ3n) is 4.25. The summed E-state index contributed by atoms with van der Waals surface area (Å²) in [6, 6.07) is 16.2. The SMILES string of the molecule is O=C(c1cc2c(s1)CCCC2)c1cccc2ccccc12. The van der Waals surface area contributed by atoms with Gasteiger partial charge in [-0.05, 0) is 48.1 Å². The van der Waals surface area contributed by atoms with Crippen LogP contribution in [0.5, 0.6) is 0 Å². The van der Waals surface area contributed by atoms with Crippen LogP contribution in [0.25, 0.3) is 10.8 Å². The van der Waals surface area contributed by atoms with Crippen LogP contribution < -0.4 is 0 Å². The molecule has 3 aromatic rings. The Morgan fingerprint density at radius 3 is 2.67 bits per heavy atom. The van der Waals surface area contributed by atoms with Crippen molar-refractivity contribution in [2.24, 2.45) is 0 Å². The number of rotatable bonds is 2. The summed E-state index contributed by atoms with van der Waals surface area (Å²) >= 11 is 1.70. The van der Waals surface area contributed by atoms with Crippen molar-refractivity contribution in [2.75, 3.05) is 0 Å². The molecule has 1 aliphatic rings. The van der Waals surface area contributed by atoms with Crippen LogP contribution in [-0.4, -0.2) is 5.78 Å². The van der Waals surface area contributed by atoms with E-state index in [9.17, 15) is 4.79 Å². The Bertz CT molecular complexity index is 800. The molecule has 4 rings (SSSR count). The average molecular weight is 292 g/mol. The maximum Gasteiger partial charge on any atom is 0.203 e. The molecular weight excluding hydrogens is 276 g/mol. The van der Waals surface area contributed by atoms with E-state index in [0.717, 1.165) is 34.1 Å².